The van der Waals surface area contributed by atoms with Gasteiger partial charge in [0.2, 0.25) is 5.71 Å². The second kappa shape index (κ2) is 8.64. The molecule has 1 N–H and O–H groups in total. The van der Waals surface area contributed by atoms with Crippen molar-refractivity contribution in [2.75, 3.05) is 0 Å². The molecule has 0 bridgehead atoms. The zero-order chi connectivity index (χ0) is 28.7. The molecule has 0 fully saturated rings. The first-order valence-electron chi connectivity index (χ1n) is 14.0. The van der Waals surface area contributed by atoms with Crippen LogP contribution < -0.4 is 5.43 Å². The maximum atomic E-state index is 13.0. The second-order valence-corrected chi connectivity index (χ2v) is 12.8. The van der Waals surface area contributed by atoms with Gasteiger partial charge in [-0.2, -0.15) is 0 Å². The number of aromatic nitrogens is 4. The van der Waals surface area contributed by atoms with Gasteiger partial charge in [0.25, 0.3) is 0 Å². The second-order valence-electron chi connectivity index (χ2n) is 12.8. The van der Waals surface area contributed by atoms with E-state index < -0.39 is 0 Å². The minimum absolute atomic E-state index is 0.121. The number of fused-ring (bicyclic) bond motifs is 6. The van der Waals surface area contributed by atoms with E-state index >= 15 is 0 Å². The van der Waals surface area contributed by atoms with Crippen LogP contribution in [0.4, 0.5) is 0 Å². The molecule has 0 saturated heterocycles. The van der Waals surface area contributed by atoms with Crippen molar-refractivity contribution in [3.05, 3.63) is 100 Å². The van der Waals surface area contributed by atoms with Crippen molar-refractivity contribution in [1.82, 2.24) is 19.5 Å². The molecular formula is C35H32N4O2. The number of benzene rings is 2. The van der Waals surface area contributed by atoms with E-state index in [-0.39, 0.29) is 16.3 Å². The number of rotatable bonds is 2. The molecule has 41 heavy (non-hydrogen) atoms. The van der Waals surface area contributed by atoms with Crippen molar-refractivity contribution in [2.24, 2.45) is 0 Å². The molecular weight excluding hydrogens is 508 g/mol. The van der Waals surface area contributed by atoms with E-state index in [4.69, 9.17) is 14.4 Å². The van der Waals surface area contributed by atoms with E-state index in [0.29, 0.717) is 27.9 Å². The Morgan fingerprint density at radius 3 is 2.02 bits per heavy atom. The van der Waals surface area contributed by atoms with Crippen LogP contribution in [0.5, 0.6) is 0 Å². The Balaban J connectivity index is 1.58. The third kappa shape index (κ3) is 3.97. The van der Waals surface area contributed by atoms with Gasteiger partial charge in [0.15, 0.2) is 11.0 Å². The average Bonchev–Trinajstić information content (AvgIpc) is 3.48. The third-order valence-corrected chi connectivity index (χ3v) is 7.89. The Kier molecular flexibility index (Phi) is 5.33. The summed E-state index contributed by atoms with van der Waals surface area (Å²) >= 11 is 0. The highest BCUT2D eigenvalue weighted by Crippen LogP contribution is 2.38. The Morgan fingerprint density at radius 1 is 0.756 bits per heavy atom. The Hall–Kier alpha value is -4.71. The molecule has 7 rings (SSSR count). The number of pyridine rings is 3. The van der Waals surface area contributed by atoms with Gasteiger partial charge in [0.1, 0.15) is 16.7 Å². The number of nitrogens with one attached hydrogen (secondary N) is 1. The Bertz CT molecular complexity index is 2150. The predicted octanol–water partition coefficient (Wildman–Crippen LogP) is 8.42. The quantitative estimate of drug-likeness (QED) is 0.239. The summed E-state index contributed by atoms with van der Waals surface area (Å²) in [4.78, 5) is 26.4. The summed E-state index contributed by atoms with van der Waals surface area (Å²) in [6, 6.07) is 24.8. The molecule has 204 valence electrons. The summed E-state index contributed by atoms with van der Waals surface area (Å²) in [5.41, 5.74) is 6.90. The lowest BCUT2D eigenvalue weighted by molar-refractivity contribution is 0.569. The maximum absolute atomic E-state index is 13.0. The number of hydrogen-bond acceptors (Lipinski definition) is 4. The van der Waals surface area contributed by atoms with Crippen LogP contribution in [0.3, 0.4) is 0 Å². The fourth-order valence-electron chi connectivity index (χ4n) is 5.73. The van der Waals surface area contributed by atoms with Gasteiger partial charge in [0, 0.05) is 28.6 Å². The van der Waals surface area contributed by atoms with Crippen molar-refractivity contribution in [3.63, 3.8) is 0 Å². The molecule has 5 heterocycles. The summed E-state index contributed by atoms with van der Waals surface area (Å²) in [6.07, 6.45) is 1.61. The van der Waals surface area contributed by atoms with Gasteiger partial charge in [-0.3, -0.25) is 9.36 Å². The summed E-state index contributed by atoms with van der Waals surface area (Å²) in [5, 5.41) is 2.84. The zero-order valence-electron chi connectivity index (χ0n) is 24.2. The van der Waals surface area contributed by atoms with Crippen LogP contribution in [-0.4, -0.2) is 19.5 Å². The number of H-pyrrole nitrogens is 1. The molecule has 0 aliphatic rings. The molecule has 6 nitrogen and oxygen atoms in total. The zero-order valence-corrected chi connectivity index (χ0v) is 24.2. The molecule has 0 atom stereocenters. The van der Waals surface area contributed by atoms with Crippen LogP contribution in [0, 0.1) is 0 Å². The van der Waals surface area contributed by atoms with Gasteiger partial charge in [-0.1, -0.05) is 77.9 Å². The first-order valence-corrected chi connectivity index (χ1v) is 14.0. The first-order chi connectivity index (χ1) is 19.5. The molecule has 0 unspecified atom stereocenters. The van der Waals surface area contributed by atoms with Crippen molar-refractivity contribution in [2.45, 2.75) is 52.4 Å². The van der Waals surface area contributed by atoms with E-state index in [1.807, 2.05) is 0 Å². The molecule has 6 heteroatoms. The largest absolute Gasteiger partial charge is 0.438 e. The molecule has 0 radical (unpaired) electrons. The van der Waals surface area contributed by atoms with Gasteiger partial charge < -0.3 is 9.40 Å². The summed E-state index contributed by atoms with van der Waals surface area (Å²) in [5.74, 6) is 0.832. The van der Waals surface area contributed by atoms with E-state index in [9.17, 15) is 4.79 Å². The van der Waals surface area contributed by atoms with E-state index in [2.05, 4.69) is 118 Å². The fraction of sp³-hybridized carbons (Fsp3) is 0.229. The highest BCUT2D eigenvalue weighted by Gasteiger charge is 2.26. The van der Waals surface area contributed by atoms with Crippen LogP contribution in [0.1, 0.15) is 52.7 Å². The molecule has 0 spiro atoms. The van der Waals surface area contributed by atoms with E-state index in [1.165, 1.54) is 16.8 Å². The van der Waals surface area contributed by atoms with Crippen molar-refractivity contribution in [3.8, 4) is 17.2 Å². The fourth-order valence-corrected chi connectivity index (χ4v) is 5.73. The van der Waals surface area contributed by atoms with Crippen molar-refractivity contribution in [1.29, 1.82) is 0 Å². The van der Waals surface area contributed by atoms with E-state index in [0.717, 1.165) is 33.7 Å². The summed E-state index contributed by atoms with van der Waals surface area (Å²) < 4.78 is 8.44. The third-order valence-electron chi connectivity index (χ3n) is 7.89. The van der Waals surface area contributed by atoms with Crippen LogP contribution in [0.25, 0.3) is 61.2 Å². The highest BCUT2D eigenvalue weighted by atomic mass is 16.3. The Labute approximate surface area is 237 Å². The first kappa shape index (κ1) is 25.3. The van der Waals surface area contributed by atoms with Gasteiger partial charge in [-0.15, -0.1) is 0 Å². The van der Waals surface area contributed by atoms with Crippen LogP contribution in [0.15, 0.2) is 88.2 Å². The monoisotopic (exact) mass is 540 g/mol. The molecule has 7 aromatic rings. The Morgan fingerprint density at radius 2 is 1.39 bits per heavy atom. The summed E-state index contributed by atoms with van der Waals surface area (Å²) in [6.45, 7) is 13.1. The average molecular weight is 541 g/mol. The van der Waals surface area contributed by atoms with Crippen molar-refractivity contribution >= 4 is 44.0 Å². The highest BCUT2D eigenvalue weighted by molar-refractivity contribution is 6.09. The van der Waals surface area contributed by atoms with Crippen molar-refractivity contribution < 1.29 is 4.42 Å². The minimum atomic E-state index is -0.260. The molecule has 0 amide bonds. The standard InChI is InChI=1S/C35H32N4O2/c1-34(2,3)20-17-24(37-29(18-20)39-26-13-9-7-11-21(26)22-12-8-10-14-27(22)39)25-19-23(35(4,5)6)32-31(38-25)30-28(40)15-16-36-33(30)41-32/h7-19H,1-6H3,(H,36,40). The van der Waals surface area contributed by atoms with Crippen LogP contribution in [0.2, 0.25) is 0 Å². The molecule has 0 saturated carbocycles. The molecule has 2 aromatic carbocycles. The summed E-state index contributed by atoms with van der Waals surface area (Å²) in [7, 11) is 0. The number of nitrogens with zero attached hydrogens (tertiary/aromatic N) is 3. The lowest BCUT2D eigenvalue weighted by atomic mass is 9.85. The predicted molar refractivity (Wildman–Crippen MR) is 167 cm³/mol. The lowest BCUT2D eigenvalue weighted by Gasteiger charge is -2.23. The topological polar surface area (TPSA) is 76.7 Å². The number of hydrogen-bond donors (Lipinski definition) is 1. The number of para-hydroxylation sites is 2. The van der Waals surface area contributed by atoms with Gasteiger partial charge in [-0.25, -0.2) is 9.97 Å². The maximum Gasteiger partial charge on any atom is 0.211 e. The lowest BCUT2D eigenvalue weighted by Crippen LogP contribution is -2.14. The van der Waals surface area contributed by atoms with Gasteiger partial charge >= 0.3 is 0 Å². The van der Waals surface area contributed by atoms with Gasteiger partial charge in [0.05, 0.1) is 22.4 Å². The normalized spacial score (nSPS) is 12.7. The van der Waals surface area contributed by atoms with E-state index in [1.54, 1.807) is 6.20 Å². The molecule has 5 aromatic heterocycles. The minimum Gasteiger partial charge on any atom is -0.438 e. The van der Waals surface area contributed by atoms with Crippen LogP contribution >= 0.6 is 0 Å². The van der Waals surface area contributed by atoms with Crippen LogP contribution in [-0.2, 0) is 10.8 Å². The smallest absolute Gasteiger partial charge is 0.211 e. The van der Waals surface area contributed by atoms with Gasteiger partial charge in [-0.05, 0) is 46.7 Å². The number of furan rings is 1. The SMILES string of the molecule is CC(C)(C)c1cc(-c2cc(C(C)(C)C)c3oc4[nH]ccc(=O)c4c3n2)nc(-n2c3ccccc3c3ccccc32)c1. The molecule has 0 aliphatic heterocycles. The molecule has 0 aliphatic carbocycles. The number of aromatic amines is 1.